The first-order valence-corrected chi connectivity index (χ1v) is 12.9. The first-order valence-electron chi connectivity index (χ1n) is 11.4. The number of nitrogens with one attached hydrogen (secondary N) is 1. The largest absolute Gasteiger partial charge is 0.573 e. The van der Waals surface area contributed by atoms with E-state index in [9.17, 15) is 22.5 Å². The Hall–Kier alpha value is -3.32. The highest BCUT2D eigenvalue weighted by Crippen LogP contribution is 2.48. The lowest BCUT2D eigenvalue weighted by molar-refractivity contribution is -0.274. The Morgan fingerprint density at radius 3 is 2.16 bits per heavy atom. The SMILES string of the molecule is CN=S(=O)(N[C@H]1COC[C@@H](N2c3ccccc3Oc3ccccc32)[C@H]1O)c1ccc(OC(F)(F)F)cc1. The lowest BCUT2D eigenvalue weighted by atomic mass is 9.98. The van der Waals surface area contributed by atoms with Gasteiger partial charge in [-0.25, -0.2) is 13.3 Å². The van der Waals surface area contributed by atoms with E-state index in [-0.39, 0.29) is 18.1 Å². The molecule has 3 aromatic rings. The van der Waals surface area contributed by atoms with Crippen molar-refractivity contribution in [1.29, 1.82) is 0 Å². The Labute approximate surface area is 211 Å². The highest BCUT2D eigenvalue weighted by Gasteiger charge is 2.41. The molecule has 0 aromatic heterocycles. The number of hydrogen-bond donors (Lipinski definition) is 2. The topological polar surface area (TPSA) is 92.6 Å². The zero-order valence-electron chi connectivity index (χ0n) is 19.6. The molecule has 12 heteroatoms. The molecule has 5 rings (SSSR count). The van der Waals surface area contributed by atoms with Crippen molar-refractivity contribution in [3.63, 3.8) is 0 Å². The van der Waals surface area contributed by atoms with Crippen molar-refractivity contribution in [3.05, 3.63) is 72.8 Å². The number of alkyl halides is 3. The number of nitrogens with zero attached hydrogens (tertiary/aromatic N) is 2. The standard InChI is InChI=1S/C25H24F3N3O5S/c1-29-37(33,17-12-10-16(11-13-17)36-25(26,27)28)30-18-14-34-15-21(24(18)32)31-19-6-2-4-8-22(19)35-23-9-5-3-7-20(23)31/h2-13,18,21,24,32H,14-15H2,1H3,(H,29,30,33)/t18-,21+,24-,37?/m0/s1. The molecule has 4 atom stereocenters. The van der Waals surface area contributed by atoms with Crippen LogP contribution in [0.15, 0.2) is 82.1 Å². The highest BCUT2D eigenvalue weighted by molar-refractivity contribution is 7.91. The maximum atomic E-state index is 13.7. The fourth-order valence-corrected chi connectivity index (χ4v) is 6.03. The van der Waals surface area contributed by atoms with E-state index in [0.29, 0.717) is 11.5 Å². The lowest BCUT2D eigenvalue weighted by Crippen LogP contribution is -2.60. The van der Waals surface area contributed by atoms with Gasteiger partial charge in [-0.1, -0.05) is 24.3 Å². The molecule has 1 saturated heterocycles. The molecule has 0 spiro atoms. The first-order chi connectivity index (χ1) is 17.7. The smallest absolute Gasteiger partial charge is 0.453 e. The van der Waals surface area contributed by atoms with Crippen molar-refractivity contribution >= 4 is 21.3 Å². The first kappa shape index (κ1) is 25.3. The molecule has 2 aliphatic rings. The summed E-state index contributed by atoms with van der Waals surface area (Å²) in [6.07, 6.45) is -5.89. The van der Waals surface area contributed by atoms with Gasteiger partial charge in [0.2, 0.25) is 0 Å². The molecule has 2 aliphatic heterocycles. The van der Waals surface area contributed by atoms with Crippen LogP contribution in [0.1, 0.15) is 0 Å². The number of rotatable bonds is 5. The second-order valence-corrected chi connectivity index (χ2v) is 10.6. The molecule has 1 unspecified atom stereocenters. The van der Waals surface area contributed by atoms with E-state index >= 15 is 0 Å². The van der Waals surface area contributed by atoms with Gasteiger partial charge in [0, 0.05) is 7.05 Å². The quantitative estimate of drug-likeness (QED) is 0.496. The van der Waals surface area contributed by atoms with Crippen molar-refractivity contribution in [2.45, 2.75) is 29.4 Å². The van der Waals surface area contributed by atoms with Crippen molar-refractivity contribution in [1.82, 2.24) is 4.72 Å². The molecule has 37 heavy (non-hydrogen) atoms. The van der Waals surface area contributed by atoms with Gasteiger partial charge < -0.3 is 24.2 Å². The second kappa shape index (κ2) is 9.86. The van der Waals surface area contributed by atoms with E-state index in [4.69, 9.17) is 9.47 Å². The fraction of sp³-hybridized carbons (Fsp3) is 0.280. The monoisotopic (exact) mass is 535 g/mol. The van der Waals surface area contributed by atoms with Crippen molar-refractivity contribution < 1.29 is 36.7 Å². The van der Waals surface area contributed by atoms with Gasteiger partial charge in [0.25, 0.3) is 0 Å². The Morgan fingerprint density at radius 2 is 1.59 bits per heavy atom. The summed E-state index contributed by atoms with van der Waals surface area (Å²) in [5.41, 5.74) is 1.49. The summed E-state index contributed by atoms with van der Waals surface area (Å²) in [6, 6.07) is 18.1. The fourth-order valence-electron chi connectivity index (χ4n) is 4.46. The van der Waals surface area contributed by atoms with Crippen LogP contribution in [0.3, 0.4) is 0 Å². The van der Waals surface area contributed by atoms with Gasteiger partial charge in [-0.3, -0.25) is 0 Å². The molecule has 0 bridgehead atoms. The number of halogens is 3. The summed E-state index contributed by atoms with van der Waals surface area (Å²) in [5.74, 6) is 0.800. The average Bonchev–Trinajstić information content (AvgIpc) is 2.88. The van der Waals surface area contributed by atoms with Crippen LogP contribution in [-0.2, 0) is 14.7 Å². The number of para-hydroxylation sites is 4. The Bertz CT molecular complexity index is 1350. The number of aliphatic hydroxyl groups is 1. The third-order valence-electron chi connectivity index (χ3n) is 6.14. The number of ether oxygens (including phenoxy) is 3. The van der Waals surface area contributed by atoms with E-state index in [0.717, 1.165) is 23.5 Å². The van der Waals surface area contributed by atoms with Crippen LogP contribution in [0.5, 0.6) is 17.2 Å². The molecule has 196 valence electrons. The normalized spacial score (nSPS) is 22.7. The van der Waals surface area contributed by atoms with Gasteiger partial charge in [0.1, 0.15) is 15.7 Å². The summed E-state index contributed by atoms with van der Waals surface area (Å²) in [7, 11) is -1.99. The Kier molecular flexibility index (Phi) is 6.75. The molecule has 2 N–H and O–H groups in total. The second-order valence-electron chi connectivity index (χ2n) is 8.45. The summed E-state index contributed by atoms with van der Waals surface area (Å²) in [4.78, 5) is 2.09. The van der Waals surface area contributed by atoms with E-state index in [2.05, 4.69) is 13.8 Å². The van der Waals surface area contributed by atoms with Gasteiger partial charge in [-0.05, 0) is 48.5 Å². The van der Waals surface area contributed by atoms with E-state index in [1.54, 1.807) is 0 Å². The molecule has 1 fully saturated rings. The van der Waals surface area contributed by atoms with E-state index < -0.39 is 40.2 Å². The third-order valence-corrected chi connectivity index (χ3v) is 8.19. The molecule has 0 aliphatic carbocycles. The van der Waals surface area contributed by atoms with Crippen LogP contribution in [0.4, 0.5) is 24.5 Å². The number of aliphatic hydroxyl groups excluding tert-OH is 1. The van der Waals surface area contributed by atoms with Gasteiger partial charge in [0.05, 0.1) is 47.7 Å². The van der Waals surface area contributed by atoms with Crippen molar-refractivity contribution in [2.24, 2.45) is 4.36 Å². The van der Waals surface area contributed by atoms with Crippen LogP contribution < -0.4 is 19.1 Å². The summed E-state index contributed by atoms with van der Waals surface area (Å²) >= 11 is 0. The molecule has 3 aromatic carbocycles. The van der Waals surface area contributed by atoms with Gasteiger partial charge in [-0.15, -0.1) is 13.2 Å². The van der Waals surface area contributed by atoms with Crippen molar-refractivity contribution in [3.8, 4) is 17.2 Å². The Morgan fingerprint density at radius 1 is 1.00 bits per heavy atom. The number of hydrogen-bond acceptors (Lipinski definition) is 7. The zero-order valence-corrected chi connectivity index (χ0v) is 20.4. The maximum absolute atomic E-state index is 13.7. The minimum Gasteiger partial charge on any atom is -0.453 e. The molecule has 2 heterocycles. The summed E-state index contributed by atoms with van der Waals surface area (Å²) < 4.78 is 73.9. The minimum absolute atomic E-state index is 0.0487. The predicted molar refractivity (Wildman–Crippen MR) is 131 cm³/mol. The van der Waals surface area contributed by atoms with Crippen LogP contribution in [0.25, 0.3) is 0 Å². The number of anilines is 2. The molecular weight excluding hydrogens is 511 g/mol. The summed E-state index contributed by atoms with van der Waals surface area (Å²) in [5, 5.41) is 11.5. The van der Waals surface area contributed by atoms with Crippen LogP contribution in [0, 0.1) is 0 Å². The van der Waals surface area contributed by atoms with E-state index in [1.807, 2.05) is 53.4 Å². The van der Waals surface area contributed by atoms with Gasteiger partial charge >= 0.3 is 6.36 Å². The van der Waals surface area contributed by atoms with Crippen LogP contribution in [-0.4, -0.2) is 54.1 Å². The average molecular weight is 536 g/mol. The van der Waals surface area contributed by atoms with Gasteiger partial charge in [0.15, 0.2) is 11.5 Å². The number of fused-ring (bicyclic) bond motifs is 2. The zero-order chi connectivity index (χ0) is 26.2. The Balaban J connectivity index is 1.42. The van der Waals surface area contributed by atoms with Crippen molar-refractivity contribution in [2.75, 3.05) is 25.2 Å². The van der Waals surface area contributed by atoms with Gasteiger partial charge in [-0.2, -0.15) is 0 Å². The summed E-state index contributed by atoms with van der Waals surface area (Å²) in [6.45, 7) is 0.239. The molecule has 0 amide bonds. The molecule has 0 saturated carbocycles. The highest BCUT2D eigenvalue weighted by atomic mass is 32.2. The minimum atomic E-state index is -4.84. The molecule has 8 nitrogen and oxygen atoms in total. The maximum Gasteiger partial charge on any atom is 0.573 e. The van der Waals surface area contributed by atoms with Crippen LogP contribution in [0.2, 0.25) is 0 Å². The predicted octanol–water partition coefficient (Wildman–Crippen LogP) is 4.62. The molecule has 0 radical (unpaired) electrons. The van der Waals surface area contributed by atoms with Crippen LogP contribution >= 0.6 is 0 Å². The third kappa shape index (κ3) is 5.10. The molecular formula is C25H24F3N3O5S. The lowest BCUT2D eigenvalue weighted by Gasteiger charge is -2.44. The number of benzene rings is 3. The van der Waals surface area contributed by atoms with E-state index in [1.165, 1.54) is 19.2 Å².